The first kappa shape index (κ1) is 4.51. The van der Waals surface area contributed by atoms with E-state index in [9.17, 15) is 0 Å². The Bertz CT molecular complexity index is 45.9. The van der Waals surface area contributed by atoms with E-state index in [0.717, 1.165) is 5.92 Å². The average Bonchev–Trinajstić information content (AvgIpc) is 2.06. The van der Waals surface area contributed by atoms with E-state index in [-0.39, 0.29) is 0 Å². The van der Waals surface area contributed by atoms with E-state index < -0.39 is 0 Å². The summed E-state index contributed by atoms with van der Waals surface area (Å²) in [4.78, 5) is 0. The molecular formula is C5H9S. The average molecular weight is 101 g/mol. The second-order valence-electron chi connectivity index (χ2n) is 2.04. The molecular weight excluding hydrogens is 92.1 g/mol. The minimum atomic E-state index is 0.546. The van der Waals surface area contributed by atoms with E-state index in [0.29, 0.717) is 5.25 Å². The summed E-state index contributed by atoms with van der Waals surface area (Å²) in [6.07, 6.45) is 2.79. The number of hydrogen-bond acceptors (Lipinski definition) is 0. The molecule has 1 saturated carbocycles. The van der Waals surface area contributed by atoms with Crippen LogP contribution in [0.5, 0.6) is 0 Å². The predicted octanol–water partition coefficient (Wildman–Crippen LogP) is 1.98. The van der Waals surface area contributed by atoms with Gasteiger partial charge in [0, 0.05) is 5.25 Å². The van der Waals surface area contributed by atoms with Crippen molar-refractivity contribution in [3.05, 3.63) is 0 Å². The molecule has 6 heavy (non-hydrogen) atoms. The van der Waals surface area contributed by atoms with E-state index in [1.807, 2.05) is 0 Å². The molecule has 0 N–H and O–H groups in total. The minimum absolute atomic E-state index is 0.546. The van der Waals surface area contributed by atoms with Gasteiger partial charge in [0.15, 0.2) is 0 Å². The summed E-state index contributed by atoms with van der Waals surface area (Å²) in [5.74, 6) is 0.917. The van der Waals surface area contributed by atoms with Gasteiger partial charge in [0.1, 0.15) is 0 Å². The van der Waals surface area contributed by atoms with Gasteiger partial charge in [-0.15, -0.1) is 0 Å². The Balaban J connectivity index is 2.13. The van der Waals surface area contributed by atoms with Crippen LogP contribution >= 0.6 is 12.6 Å². The van der Waals surface area contributed by atoms with Crippen LogP contribution in [0.2, 0.25) is 0 Å². The Morgan fingerprint density at radius 2 is 2.17 bits per heavy atom. The fourth-order valence-corrected chi connectivity index (χ4v) is 0.838. The quantitative estimate of drug-likeness (QED) is 0.474. The lowest BCUT2D eigenvalue weighted by atomic mass is 10.3. The summed E-state index contributed by atoms with van der Waals surface area (Å²) in [7, 11) is 0. The van der Waals surface area contributed by atoms with Crippen molar-refractivity contribution in [2.75, 3.05) is 0 Å². The van der Waals surface area contributed by atoms with Crippen molar-refractivity contribution in [1.29, 1.82) is 0 Å². The molecule has 0 amide bonds. The molecule has 0 saturated heterocycles. The third kappa shape index (κ3) is 0.904. The van der Waals surface area contributed by atoms with Crippen molar-refractivity contribution in [2.24, 2.45) is 5.92 Å². The molecule has 35 valence electrons. The summed E-state index contributed by atoms with van der Waals surface area (Å²) in [5.41, 5.74) is 0. The lowest BCUT2D eigenvalue weighted by Gasteiger charge is -1.91. The van der Waals surface area contributed by atoms with E-state index in [1.54, 1.807) is 0 Å². The van der Waals surface area contributed by atoms with Crippen molar-refractivity contribution in [2.45, 2.75) is 25.0 Å². The van der Waals surface area contributed by atoms with Gasteiger partial charge in [-0.25, -0.2) is 0 Å². The molecule has 1 heteroatoms. The molecule has 1 rings (SSSR count). The highest BCUT2D eigenvalue weighted by molar-refractivity contribution is 7.80. The second-order valence-corrected chi connectivity index (χ2v) is 2.79. The van der Waals surface area contributed by atoms with Crippen molar-refractivity contribution >= 4 is 12.6 Å². The third-order valence-electron chi connectivity index (χ3n) is 1.29. The highest BCUT2D eigenvalue weighted by Gasteiger charge is 2.25. The monoisotopic (exact) mass is 101 g/mol. The summed E-state index contributed by atoms with van der Waals surface area (Å²) in [6, 6.07) is 0. The zero-order valence-corrected chi connectivity index (χ0v) is 4.79. The van der Waals surface area contributed by atoms with E-state index >= 15 is 0 Å². The van der Waals surface area contributed by atoms with Gasteiger partial charge in [-0.1, -0.05) is 19.6 Å². The van der Waals surface area contributed by atoms with E-state index in [1.165, 1.54) is 12.8 Å². The summed E-state index contributed by atoms with van der Waals surface area (Å²) >= 11 is 4.97. The molecule has 1 atom stereocenters. The molecule has 0 aromatic heterocycles. The van der Waals surface area contributed by atoms with Gasteiger partial charge in [0.25, 0.3) is 0 Å². The maximum absolute atomic E-state index is 4.97. The van der Waals surface area contributed by atoms with Crippen molar-refractivity contribution in [3.63, 3.8) is 0 Å². The van der Waals surface area contributed by atoms with Crippen LogP contribution in [0.4, 0.5) is 0 Å². The van der Waals surface area contributed by atoms with Crippen molar-refractivity contribution < 1.29 is 0 Å². The molecule has 0 nitrogen and oxygen atoms in total. The van der Waals surface area contributed by atoms with Gasteiger partial charge in [0.2, 0.25) is 0 Å². The lowest BCUT2D eigenvalue weighted by molar-refractivity contribution is 0.826. The molecule has 1 aliphatic carbocycles. The number of rotatable bonds is 1. The highest BCUT2D eigenvalue weighted by Crippen LogP contribution is 2.34. The molecule has 1 unspecified atom stereocenters. The van der Waals surface area contributed by atoms with Crippen molar-refractivity contribution in [1.82, 2.24) is 0 Å². The third-order valence-corrected chi connectivity index (χ3v) is 1.67. The van der Waals surface area contributed by atoms with E-state index in [2.05, 4.69) is 6.92 Å². The van der Waals surface area contributed by atoms with Crippen LogP contribution in [0.3, 0.4) is 0 Å². The molecule has 0 spiro atoms. The van der Waals surface area contributed by atoms with E-state index in [4.69, 9.17) is 12.6 Å². The van der Waals surface area contributed by atoms with Crippen LogP contribution in [0, 0.1) is 5.92 Å². The Morgan fingerprint density at radius 1 is 1.67 bits per heavy atom. The smallest absolute Gasteiger partial charge is 0.0151 e. The van der Waals surface area contributed by atoms with Gasteiger partial charge in [-0.2, -0.15) is 0 Å². The minimum Gasteiger partial charge on any atom is -0.0904 e. The zero-order valence-electron chi connectivity index (χ0n) is 3.98. The van der Waals surface area contributed by atoms with Gasteiger partial charge < -0.3 is 0 Å². The molecule has 1 aliphatic rings. The Kier molecular flexibility index (Phi) is 1.09. The molecule has 0 aromatic rings. The van der Waals surface area contributed by atoms with Gasteiger partial charge >= 0.3 is 0 Å². The first-order valence-electron chi connectivity index (χ1n) is 2.46. The number of hydrogen-bond donors (Lipinski definition) is 0. The topological polar surface area (TPSA) is 0 Å². The van der Waals surface area contributed by atoms with Crippen LogP contribution in [-0.4, -0.2) is 5.25 Å². The largest absolute Gasteiger partial charge is 0.0904 e. The molecule has 1 fully saturated rings. The van der Waals surface area contributed by atoms with Crippen LogP contribution < -0.4 is 0 Å². The standard InChI is InChI=1S/C5H9S/c1-4(6)5-2-3-5/h4-5H,2-3H2,1H3. The summed E-state index contributed by atoms with van der Waals surface area (Å²) in [5, 5.41) is 0.546. The summed E-state index contributed by atoms with van der Waals surface area (Å²) in [6.45, 7) is 2.12. The Labute approximate surface area is 44.3 Å². The molecule has 0 heterocycles. The van der Waals surface area contributed by atoms with Gasteiger partial charge in [-0.05, 0) is 18.8 Å². The summed E-state index contributed by atoms with van der Waals surface area (Å²) < 4.78 is 0. The molecule has 0 bridgehead atoms. The zero-order chi connectivity index (χ0) is 4.57. The first-order valence-corrected chi connectivity index (χ1v) is 2.93. The van der Waals surface area contributed by atoms with Crippen LogP contribution in [-0.2, 0) is 0 Å². The van der Waals surface area contributed by atoms with Gasteiger partial charge in [0.05, 0.1) is 0 Å². The predicted molar refractivity (Wildman–Crippen MR) is 29.8 cm³/mol. The molecule has 0 aromatic carbocycles. The molecule has 1 radical (unpaired) electrons. The first-order chi connectivity index (χ1) is 2.80. The fourth-order valence-electron chi connectivity index (χ4n) is 0.566. The molecule has 0 aliphatic heterocycles. The normalized spacial score (nSPS) is 27.0. The second kappa shape index (κ2) is 1.45. The SMILES string of the molecule is CC([S])C1CC1. The Hall–Kier alpha value is 0.350. The Morgan fingerprint density at radius 3 is 2.17 bits per heavy atom. The fraction of sp³-hybridized carbons (Fsp3) is 1.00. The lowest BCUT2D eigenvalue weighted by Crippen LogP contribution is -1.90. The van der Waals surface area contributed by atoms with Crippen LogP contribution in [0.1, 0.15) is 19.8 Å². The van der Waals surface area contributed by atoms with Crippen LogP contribution in [0.15, 0.2) is 0 Å². The van der Waals surface area contributed by atoms with Crippen LogP contribution in [0.25, 0.3) is 0 Å². The van der Waals surface area contributed by atoms with Gasteiger partial charge in [-0.3, -0.25) is 0 Å². The van der Waals surface area contributed by atoms with Crippen molar-refractivity contribution in [3.8, 4) is 0 Å². The maximum atomic E-state index is 4.97. The maximum Gasteiger partial charge on any atom is 0.0151 e. The highest BCUT2D eigenvalue weighted by atomic mass is 32.1.